The Morgan fingerprint density at radius 3 is 2.67 bits per heavy atom. The summed E-state index contributed by atoms with van der Waals surface area (Å²) in [4.78, 5) is 22.6. The first-order valence-corrected chi connectivity index (χ1v) is 6.33. The molecule has 1 aliphatic rings. The molecule has 1 atom stereocenters. The van der Waals surface area contributed by atoms with Crippen molar-refractivity contribution in [1.29, 1.82) is 0 Å². The molecule has 6 nitrogen and oxygen atoms in total. The molecule has 0 saturated carbocycles. The van der Waals surface area contributed by atoms with Crippen LogP contribution in [0.15, 0.2) is 0 Å². The number of ether oxygens (including phenoxy) is 2. The standard InChI is InChI=1S/C12H22N2O4/c1-9(12(16)17-2)14-11(15)5-8-18-10-3-6-13-7-4-10/h9-10,13H,3-8H2,1-2H3,(H,14,15)/t9-/m0/s1. The quantitative estimate of drug-likeness (QED) is 0.646. The van der Waals surface area contributed by atoms with Crippen LogP contribution >= 0.6 is 0 Å². The number of carbonyl (C=O) groups is 2. The highest BCUT2D eigenvalue weighted by Crippen LogP contribution is 2.07. The lowest BCUT2D eigenvalue weighted by Crippen LogP contribution is -2.39. The topological polar surface area (TPSA) is 76.7 Å². The molecule has 1 heterocycles. The van der Waals surface area contributed by atoms with E-state index in [4.69, 9.17) is 4.74 Å². The zero-order chi connectivity index (χ0) is 13.4. The number of piperidine rings is 1. The van der Waals surface area contributed by atoms with E-state index in [1.54, 1.807) is 6.92 Å². The molecule has 0 bridgehead atoms. The highest BCUT2D eigenvalue weighted by atomic mass is 16.5. The molecule has 0 aromatic carbocycles. The second-order valence-electron chi connectivity index (χ2n) is 4.38. The maximum absolute atomic E-state index is 11.5. The number of esters is 1. The van der Waals surface area contributed by atoms with Gasteiger partial charge in [-0.3, -0.25) is 4.79 Å². The normalized spacial score (nSPS) is 18.1. The Morgan fingerprint density at radius 1 is 1.39 bits per heavy atom. The van der Waals surface area contributed by atoms with Gasteiger partial charge in [0.05, 0.1) is 19.8 Å². The zero-order valence-corrected chi connectivity index (χ0v) is 11.0. The van der Waals surface area contributed by atoms with E-state index >= 15 is 0 Å². The van der Waals surface area contributed by atoms with Gasteiger partial charge in [-0.05, 0) is 32.9 Å². The molecular weight excluding hydrogens is 236 g/mol. The van der Waals surface area contributed by atoms with Crippen LogP contribution in [0.1, 0.15) is 26.2 Å². The molecule has 1 amide bonds. The molecule has 18 heavy (non-hydrogen) atoms. The summed E-state index contributed by atoms with van der Waals surface area (Å²) in [5.74, 6) is -0.635. The van der Waals surface area contributed by atoms with Crippen LogP contribution in [0, 0.1) is 0 Å². The second kappa shape index (κ2) is 8.05. The van der Waals surface area contributed by atoms with E-state index in [1.165, 1.54) is 7.11 Å². The molecular formula is C12H22N2O4. The van der Waals surface area contributed by atoms with Crippen LogP contribution < -0.4 is 10.6 Å². The predicted molar refractivity (Wildman–Crippen MR) is 66.1 cm³/mol. The number of hydrogen-bond donors (Lipinski definition) is 2. The highest BCUT2D eigenvalue weighted by Gasteiger charge is 2.17. The third-order valence-corrected chi connectivity index (χ3v) is 2.90. The van der Waals surface area contributed by atoms with Crippen molar-refractivity contribution in [2.24, 2.45) is 0 Å². The fourth-order valence-corrected chi connectivity index (χ4v) is 1.83. The summed E-state index contributed by atoms with van der Waals surface area (Å²) in [6.07, 6.45) is 2.49. The van der Waals surface area contributed by atoms with Gasteiger partial charge in [-0.25, -0.2) is 4.79 Å². The van der Waals surface area contributed by atoms with Crippen LogP contribution in [0.3, 0.4) is 0 Å². The smallest absolute Gasteiger partial charge is 0.328 e. The van der Waals surface area contributed by atoms with Crippen molar-refractivity contribution in [2.75, 3.05) is 26.8 Å². The Labute approximate surface area is 107 Å². The van der Waals surface area contributed by atoms with E-state index in [0.717, 1.165) is 25.9 Å². The van der Waals surface area contributed by atoms with Crippen molar-refractivity contribution in [3.05, 3.63) is 0 Å². The molecule has 1 aliphatic heterocycles. The summed E-state index contributed by atoms with van der Waals surface area (Å²) < 4.78 is 10.1. The first-order valence-electron chi connectivity index (χ1n) is 6.33. The summed E-state index contributed by atoms with van der Waals surface area (Å²) >= 11 is 0. The maximum atomic E-state index is 11.5. The van der Waals surface area contributed by atoms with Gasteiger partial charge in [0.25, 0.3) is 0 Å². The average molecular weight is 258 g/mol. The van der Waals surface area contributed by atoms with Gasteiger partial charge in [0, 0.05) is 6.42 Å². The predicted octanol–water partition coefficient (Wildman–Crippen LogP) is -0.177. The van der Waals surface area contributed by atoms with Crippen molar-refractivity contribution in [3.8, 4) is 0 Å². The van der Waals surface area contributed by atoms with Crippen molar-refractivity contribution in [1.82, 2.24) is 10.6 Å². The highest BCUT2D eigenvalue weighted by molar-refractivity contribution is 5.84. The van der Waals surface area contributed by atoms with Gasteiger partial charge < -0.3 is 20.1 Å². The van der Waals surface area contributed by atoms with Crippen LogP contribution in [-0.4, -0.2) is 50.8 Å². The molecule has 1 fully saturated rings. The third-order valence-electron chi connectivity index (χ3n) is 2.90. The van der Waals surface area contributed by atoms with Crippen LogP contribution in [-0.2, 0) is 19.1 Å². The Bertz CT molecular complexity index is 277. The fourth-order valence-electron chi connectivity index (χ4n) is 1.83. The minimum atomic E-state index is -0.610. The van der Waals surface area contributed by atoms with Crippen LogP contribution in [0.25, 0.3) is 0 Å². The molecule has 2 N–H and O–H groups in total. The molecule has 0 unspecified atom stereocenters. The SMILES string of the molecule is COC(=O)[C@H](C)NC(=O)CCOC1CCNCC1. The molecule has 1 rings (SSSR count). The molecule has 0 aromatic heterocycles. The van der Waals surface area contributed by atoms with Gasteiger partial charge in [-0.1, -0.05) is 0 Å². The summed E-state index contributed by atoms with van der Waals surface area (Å²) in [7, 11) is 1.30. The second-order valence-corrected chi connectivity index (χ2v) is 4.38. The first kappa shape index (κ1) is 14.9. The van der Waals surface area contributed by atoms with E-state index < -0.39 is 12.0 Å². The lowest BCUT2D eigenvalue weighted by atomic mass is 10.1. The summed E-state index contributed by atoms with van der Waals surface area (Å²) in [5, 5.41) is 5.81. The molecule has 104 valence electrons. The lowest BCUT2D eigenvalue weighted by Gasteiger charge is -2.22. The van der Waals surface area contributed by atoms with Gasteiger partial charge in [-0.2, -0.15) is 0 Å². The van der Waals surface area contributed by atoms with E-state index in [1.807, 2.05) is 0 Å². The largest absolute Gasteiger partial charge is 0.467 e. The van der Waals surface area contributed by atoms with E-state index in [-0.39, 0.29) is 18.4 Å². The van der Waals surface area contributed by atoms with Crippen molar-refractivity contribution >= 4 is 11.9 Å². The monoisotopic (exact) mass is 258 g/mol. The molecule has 6 heteroatoms. The number of amides is 1. The summed E-state index contributed by atoms with van der Waals surface area (Å²) in [5.41, 5.74) is 0. The van der Waals surface area contributed by atoms with Crippen LogP contribution in [0.2, 0.25) is 0 Å². The minimum absolute atomic E-state index is 0.193. The van der Waals surface area contributed by atoms with Crippen molar-refractivity contribution in [3.63, 3.8) is 0 Å². The molecule has 0 aliphatic carbocycles. The van der Waals surface area contributed by atoms with Gasteiger partial charge in [0.15, 0.2) is 0 Å². The Balaban J connectivity index is 2.11. The van der Waals surface area contributed by atoms with E-state index in [0.29, 0.717) is 6.61 Å². The Kier molecular flexibility index (Phi) is 6.67. The fraction of sp³-hybridized carbons (Fsp3) is 0.833. The number of methoxy groups -OCH3 is 1. The maximum Gasteiger partial charge on any atom is 0.328 e. The molecule has 0 aromatic rings. The number of hydrogen-bond acceptors (Lipinski definition) is 5. The molecule has 0 radical (unpaired) electrons. The van der Waals surface area contributed by atoms with Gasteiger partial charge in [-0.15, -0.1) is 0 Å². The number of carbonyl (C=O) groups excluding carboxylic acids is 2. The van der Waals surface area contributed by atoms with Gasteiger partial charge in [0.1, 0.15) is 6.04 Å². The van der Waals surface area contributed by atoms with Gasteiger partial charge in [0.2, 0.25) is 5.91 Å². The molecule has 0 spiro atoms. The third kappa shape index (κ3) is 5.46. The van der Waals surface area contributed by atoms with Crippen molar-refractivity contribution < 1.29 is 19.1 Å². The molecule has 1 saturated heterocycles. The first-order chi connectivity index (χ1) is 8.63. The van der Waals surface area contributed by atoms with E-state index in [9.17, 15) is 9.59 Å². The number of nitrogens with one attached hydrogen (secondary N) is 2. The summed E-state index contributed by atoms with van der Waals surface area (Å²) in [6.45, 7) is 3.92. The van der Waals surface area contributed by atoms with Gasteiger partial charge >= 0.3 is 5.97 Å². The lowest BCUT2D eigenvalue weighted by molar-refractivity contribution is -0.144. The summed E-state index contributed by atoms with van der Waals surface area (Å²) in [6, 6.07) is -0.610. The average Bonchev–Trinajstić information content (AvgIpc) is 2.38. The van der Waals surface area contributed by atoms with E-state index in [2.05, 4.69) is 15.4 Å². The zero-order valence-electron chi connectivity index (χ0n) is 11.0. The minimum Gasteiger partial charge on any atom is -0.467 e. The Hall–Kier alpha value is -1.14. The van der Waals surface area contributed by atoms with Crippen molar-refractivity contribution in [2.45, 2.75) is 38.3 Å². The van der Waals surface area contributed by atoms with Crippen LogP contribution in [0.5, 0.6) is 0 Å². The Morgan fingerprint density at radius 2 is 2.06 bits per heavy atom. The van der Waals surface area contributed by atoms with Crippen LogP contribution in [0.4, 0.5) is 0 Å². The number of rotatable bonds is 6.